The fourth-order valence-corrected chi connectivity index (χ4v) is 11.1. The molecule has 0 saturated carbocycles. The van der Waals surface area contributed by atoms with Crippen molar-refractivity contribution in [3.05, 3.63) is 24.5 Å². The first-order valence-electron chi connectivity index (χ1n) is 27.4. The fraction of sp³-hybridized carbons (Fsp3) is 0.772. The van der Waals surface area contributed by atoms with Crippen molar-refractivity contribution in [2.75, 3.05) is 74.7 Å². The zero-order chi connectivity index (χ0) is 57.2. The van der Waals surface area contributed by atoms with Gasteiger partial charge in [0.25, 0.3) is 0 Å². The lowest BCUT2D eigenvalue weighted by Crippen LogP contribution is -2.37. The van der Waals surface area contributed by atoms with Gasteiger partial charge in [-0.3, -0.25) is 38.4 Å². The van der Waals surface area contributed by atoms with E-state index < -0.39 is 75.8 Å². The SMILES string of the molecule is C=C(C)C(=O)OCCCC(=O)OCCOC(=O)C(C)(C)CC(C)(CSCCC(=O)C(C(=O)CCSCCCCCCCCCCCCCCCC)C(=O)CCSCC(C)C(=O)OCCOC(=O)CCC(=O)O)C(=C)OC. The molecule has 0 aromatic heterocycles. The molecule has 0 aliphatic heterocycles. The van der Waals surface area contributed by atoms with Crippen LogP contribution in [0.15, 0.2) is 24.5 Å². The van der Waals surface area contributed by atoms with Crippen molar-refractivity contribution in [2.45, 2.75) is 183 Å². The Kier molecular flexibility index (Phi) is 41.8. The molecule has 3 atom stereocenters. The summed E-state index contributed by atoms with van der Waals surface area (Å²) in [5.74, 6) is -4.14. The summed E-state index contributed by atoms with van der Waals surface area (Å²) in [4.78, 5) is 113. The summed E-state index contributed by atoms with van der Waals surface area (Å²) >= 11 is 4.40. The number of esters is 5. The van der Waals surface area contributed by atoms with Crippen molar-refractivity contribution in [1.82, 2.24) is 0 Å². The van der Waals surface area contributed by atoms with Gasteiger partial charge < -0.3 is 33.5 Å². The Morgan fingerprint density at radius 2 is 1.01 bits per heavy atom. The van der Waals surface area contributed by atoms with E-state index in [1.165, 1.54) is 115 Å². The van der Waals surface area contributed by atoms with Crippen molar-refractivity contribution in [3.63, 3.8) is 0 Å². The zero-order valence-corrected chi connectivity index (χ0v) is 49.6. The highest BCUT2D eigenvalue weighted by Gasteiger charge is 2.41. The van der Waals surface area contributed by atoms with Gasteiger partial charge in [0.15, 0.2) is 17.3 Å². The number of unbranched alkanes of at least 4 members (excludes halogenated alkanes) is 13. The van der Waals surface area contributed by atoms with E-state index in [4.69, 9.17) is 33.5 Å². The predicted molar refractivity (Wildman–Crippen MR) is 302 cm³/mol. The third kappa shape index (κ3) is 36.3. The second-order valence-corrected chi connectivity index (χ2v) is 23.7. The summed E-state index contributed by atoms with van der Waals surface area (Å²) in [5, 5.41) is 8.69. The minimum atomic E-state index is -1.40. The van der Waals surface area contributed by atoms with Crippen LogP contribution < -0.4 is 0 Å². The van der Waals surface area contributed by atoms with E-state index in [1.807, 2.05) is 6.92 Å². The van der Waals surface area contributed by atoms with Gasteiger partial charge in [0, 0.05) is 65.4 Å². The van der Waals surface area contributed by atoms with E-state index in [2.05, 4.69) is 20.1 Å². The normalized spacial score (nSPS) is 12.8. The number of ketones is 3. The maximum Gasteiger partial charge on any atom is 0.333 e. The molecule has 0 spiro atoms. The Balaban J connectivity index is 5.31. The number of thioether (sulfide) groups is 3. The molecular formula is C57H94O16S3. The first-order chi connectivity index (χ1) is 36.1. The van der Waals surface area contributed by atoms with E-state index in [0.717, 1.165) is 18.6 Å². The topological polar surface area (TPSA) is 229 Å². The predicted octanol–water partition coefficient (Wildman–Crippen LogP) is 11.3. The molecule has 1 N–H and O–H groups in total. The van der Waals surface area contributed by atoms with Crippen LogP contribution in [0, 0.1) is 22.7 Å². The number of aliphatic carboxylic acids is 1. The minimum absolute atomic E-state index is 0.0171. The number of methoxy groups -OCH3 is 1. The molecule has 0 saturated heterocycles. The van der Waals surface area contributed by atoms with Crippen molar-refractivity contribution in [1.29, 1.82) is 0 Å². The summed E-state index contributed by atoms with van der Waals surface area (Å²) in [5.41, 5.74) is -1.54. The van der Waals surface area contributed by atoms with E-state index in [0.29, 0.717) is 28.8 Å². The molecule has 0 amide bonds. The molecule has 19 heteroatoms. The van der Waals surface area contributed by atoms with Gasteiger partial charge in [0.05, 0.1) is 43.7 Å². The van der Waals surface area contributed by atoms with Crippen LogP contribution in [-0.4, -0.2) is 133 Å². The summed E-state index contributed by atoms with van der Waals surface area (Å²) in [6, 6.07) is 0. The van der Waals surface area contributed by atoms with Crippen LogP contribution in [-0.2, 0) is 71.6 Å². The average molecular weight is 1130 g/mol. The monoisotopic (exact) mass is 1130 g/mol. The van der Waals surface area contributed by atoms with Crippen LogP contribution in [0.3, 0.4) is 0 Å². The number of rotatable bonds is 51. The van der Waals surface area contributed by atoms with Gasteiger partial charge in [-0.15, -0.1) is 0 Å². The number of allylic oxidation sites excluding steroid dienone is 1. The molecule has 16 nitrogen and oxygen atoms in total. The lowest BCUT2D eigenvalue weighted by Gasteiger charge is -2.36. The molecule has 0 bridgehead atoms. The molecule has 0 aliphatic carbocycles. The molecule has 76 heavy (non-hydrogen) atoms. The third-order valence-corrected chi connectivity index (χ3v) is 16.0. The Morgan fingerprint density at radius 1 is 0.539 bits per heavy atom. The first-order valence-corrected chi connectivity index (χ1v) is 30.8. The van der Waals surface area contributed by atoms with Crippen LogP contribution in [0.5, 0.6) is 0 Å². The molecule has 0 rings (SSSR count). The second kappa shape index (κ2) is 44.1. The molecule has 0 heterocycles. The van der Waals surface area contributed by atoms with Crippen LogP contribution in [0.25, 0.3) is 0 Å². The number of ether oxygens (including phenoxy) is 6. The summed E-state index contributed by atoms with van der Waals surface area (Å²) < 4.78 is 31.2. The highest BCUT2D eigenvalue weighted by molar-refractivity contribution is 7.99. The number of hydrogen-bond donors (Lipinski definition) is 1. The van der Waals surface area contributed by atoms with E-state index in [-0.39, 0.29) is 95.7 Å². The van der Waals surface area contributed by atoms with Gasteiger partial charge in [0.1, 0.15) is 32.3 Å². The largest absolute Gasteiger partial charge is 0.501 e. The standard InChI is InChI=1S/C57H94O16S3/c1-10-11-12-13-14-15-16-17-18-19-20-21-22-23-36-74-37-28-46(58)52(47(59)29-38-75-40-44(4)54(66)72-34-32-70-51(64)27-26-49(61)62)48(60)30-39-76-42-57(8,45(5)68-9)41-56(6,7)55(67)73-35-33-69-50(63)25-24-31-71-53(65)43(2)3/h44,52H,2,5,10-42H2,1,3-4,6-9H3,(H,61,62). The number of carbonyl (C=O) groups is 9. The lowest BCUT2D eigenvalue weighted by molar-refractivity contribution is -0.160. The number of carbonyl (C=O) groups excluding carboxylic acids is 8. The van der Waals surface area contributed by atoms with Crippen molar-refractivity contribution in [2.24, 2.45) is 22.7 Å². The molecule has 3 unspecified atom stereocenters. The van der Waals surface area contributed by atoms with Gasteiger partial charge >= 0.3 is 35.8 Å². The van der Waals surface area contributed by atoms with Gasteiger partial charge in [-0.25, -0.2) is 4.79 Å². The van der Waals surface area contributed by atoms with Crippen molar-refractivity contribution >= 4 is 88.5 Å². The third-order valence-electron chi connectivity index (χ3n) is 12.4. The Morgan fingerprint density at radius 3 is 1.53 bits per heavy atom. The Bertz CT molecular complexity index is 1780. The minimum Gasteiger partial charge on any atom is -0.501 e. The summed E-state index contributed by atoms with van der Waals surface area (Å²) in [6.07, 6.45) is 17.8. The van der Waals surface area contributed by atoms with Gasteiger partial charge in [-0.05, 0) is 45.8 Å². The number of hydrogen-bond acceptors (Lipinski definition) is 18. The highest BCUT2D eigenvalue weighted by atomic mass is 32.2. The maximum atomic E-state index is 13.8. The van der Waals surface area contributed by atoms with Crippen molar-refractivity contribution in [3.8, 4) is 0 Å². The number of carboxylic acids is 1. The molecular weight excluding hydrogens is 1040 g/mol. The Hall–Kier alpha value is -3.84. The first kappa shape index (κ1) is 72.2. The number of Topliss-reactive ketones (excluding diaryl/α,β-unsaturated/α-hetero) is 3. The maximum absolute atomic E-state index is 13.8. The van der Waals surface area contributed by atoms with Gasteiger partial charge in [0.2, 0.25) is 0 Å². The smallest absolute Gasteiger partial charge is 0.333 e. The van der Waals surface area contributed by atoms with E-state index >= 15 is 0 Å². The molecule has 0 radical (unpaired) electrons. The highest BCUT2D eigenvalue weighted by Crippen LogP contribution is 2.42. The fourth-order valence-electron chi connectivity index (χ4n) is 7.92. The van der Waals surface area contributed by atoms with E-state index in [9.17, 15) is 43.2 Å². The van der Waals surface area contributed by atoms with Crippen LogP contribution in [0.1, 0.15) is 183 Å². The second-order valence-electron chi connectivity index (χ2n) is 20.2. The van der Waals surface area contributed by atoms with Crippen LogP contribution in [0.4, 0.5) is 0 Å². The Labute approximate surface area is 467 Å². The molecule has 0 aromatic rings. The van der Waals surface area contributed by atoms with E-state index in [1.54, 1.807) is 32.5 Å². The molecule has 0 aliphatic rings. The molecule has 0 aromatic carbocycles. The van der Waals surface area contributed by atoms with Gasteiger partial charge in [-0.1, -0.05) is 117 Å². The quantitative estimate of drug-likeness (QED) is 0.0149. The number of carboxylic acid groups (broad SMARTS) is 1. The summed E-state index contributed by atoms with van der Waals surface area (Å²) in [7, 11) is 1.49. The zero-order valence-electron chi connectivity index (χ0n) is 47.2. The van der Waals surface area contributed by atoms with Crippen LogP contribution in [0.2, 0.25) is 0 Å². The van der Waals surface area contributed by atoms with Crippen molar-refractivity contribution < 1.29 is 76.7 Å². The van der Waals surface area contributed by atoms with Crippen LogP contribution >= 0.6 is 35.3 Å². The lowest BCUT2D eigenvalue weighted by atomic mass is 9.74. The molecule has 436 valence electrons. The molecule has 0 fully saturated rings. The van der Waals surface area contributed by atoms with Gasteiger partial charge in [-0.2, -0.15) is 35.3 Å². The average Bonchev–Trinajstić information content (AvgIpc) is 3.37. The summed E-state index contributed by atoms with van der Waals surface area (Å²) in [6.45, 7) is 17.7.